The Balaban J connectivity index is 0.00000722. The largest absolute Gasteiger partial charge is 0.383 e. The molecule has 0 aliphatic heterocycles. The fraction of sp³-hybridized carbons (Fsp3) is 0.438. The van der Waals surface area contributed by atoms with Crippen molar-refractivity contribution < 1.29 is 1.43 Å². The third-order valence-corrected chi connectivity index (χ3v) is 6.43. The number of aryl methyl sites for hydroxylation is 2. The molecule has 0 amide bonds. The molecule has 2 aromatic rings. The van der Waals surface area contributed by atoms with E-state index in [0.717, 1.165) is 50.4 Å². The molecule has 0 atom stereocenters. The van der Waals surface area contributed by atoms with Crippen molar-refractivity contribution in [2.45, 2.75) is 26.7 Å². The number of anilines is 1. The quantitative estimate of drug-likeness (QED) is 0.244. The molecule has 0 unspecified atom stereocenters. The maximum absolute atomic E-state index is 4.01. The van der Waals surface area contributed by atoms with Gasteiger partial charge in [0.1, 0.15) is 5.82 Å². The van der Waals surface area contributed by atoms with Crippen LogP contribution >= 0.6 is 0 Å². The van der Waals surface area contributed by atoms with Crippen LogP contribution in [0.2, 0.25) is 0 Å². The average Bonchev–Trinajstić information content (AvgIpc) is 2.85. The van der Waals surface area contributed by atoms with Crippen LogP contribution in [0.25, 0.3) is 11.6 Å². The number of rotatable bonds is 15. The molecule has 0 saturated carbocycles. The van der Waals surface area contributed by atoms with Crippen LogP contribution in [0.3, 0.4) is 0 Å². The Kier molecular flexibility index (Phi) is 12.3. The van der Waals surface area contributed by atoms with Crippen molar-refractivity contribution >= 4 is 17.3 Å². The highest BCUT2D eigenvalue weighted by atomic mass is 15.2. The molecule has 0 aliphatic carbocycles. The molecule has 0 saturated heterocycles. The number of allylic oxidation sites excluding steroid dienone is 2. The minimum Gasteiger partial charge on any atom is -0.383 e. The van der Waals surface area contributed by atoms with E-state index in [2.05, 4.69) is 128 Å². The summed E-state index contributed by atoms with van der Waals surface area (Å²) in [6, 6.07) is 15.6. The zero-order valence-corrected chi connectivity index (χ0v) is 24.5. The lowest BCUT2D eigenvalue weighted by Crippen LogP contribution is -2.31. The van der Waals surface area contributed by atoms with Crippen molar-refractivity contribution in [2.24, 2.45) is 0 Å². The molecule has 0 radical (unpaired) electrons. The highest BCUT2D eigenvalue weighted by Gasteiger charge is 2.08. The second kappa shape index (κ2) is 15.2. The molecule has 5 heteroatoms. The fourth-order valence-corrected chi connectivity index (χ4v) is 4.19. The van der Waals surface area contributed by atoms with E-state index >= 15 is 0 Å². The van der Waals surface area contributed by atoms with E-state index < -0.39 is 0 Å². The van der Waals surface area contributed by atoms with E-state index in [1.807, 2.05) is 20.2 Å². The molecule has 0 bridgehead atoms. The van der Waals surface area contributed by atoms with Gasteiger partial charge in [-0.05, 0) is 92.9 Å². The highest BCUT2D eigenvalue weighted by molar-refractivity contribution is 5.75. The van der Waals surface area contributed by atoms with Crippen LogP contribution in [0, 0.1) is 6.92 Å². The molecule has 5 nitrogen and oxygen atoms in total. The first-order valence-corrected chi connectivity index (χ1v) is 13.4. The summed E-state index contributed by atoms with van der Waals surface area (Å²) in [5, 5.41) is 3.67. The molecular formula is C32H51N5. The van der Waals surface area contributed by atoms with Crippen LogP contribution in [-0.4, -0.2) is 83.2 Å². The monoisotopic (exact) mass is 505 g/mol. The van der Waals surface area contributed by atoms with E-state index in [0.29, 0.717) is 0 Å². The van der Waals surface area contributed by atoms with E-state index in [4.69, 9.17) is 0 Å². The Morgan fingerprint density at radius 3 is 2.38 bits per heavy atom. The van der Waals surface area contributed by atoms with Crippen molar-refractivity contribution in [3.63, 3.8) is 0 Å². The molecule has 1 N–H and O–H groups in total. The van der Waals surface area contributed by atoms with E-state index in [-0.39, 0.29) is 1.43 Å². The van der Waals surface area contributed by atoms with Crippen molar-refractivity contribution in [1.82, 2.24) is 20.0 Å². The number of nitrogens with one attached hydrogen (secondary N) is 1. The molecule has 0 spiro atoms. The number of likely N-dealkylation sites (N-methyl/N-ethyl adjacent to an activating group) is 2. The lowest BCUT2D eigenvalue weighted by molar-refractivity contribution is 0.414. The predicted octanol–water partition coefficient (Wildman–Crippen LogP) is 5.80. The van der Waals surface area contributed by atoms with Crippen LogP contribution in [0.15, 0.2) is 67.1 Å². The first kappa shape index (κ1) is 30.0. The van der Waals surface area contributed by atoms with Crippen LogP contribution in [0.1, 0.15) is 37.0 Å². The van der Waals surface area contributed by atoms with E-state index in [1.54, 1.807) is 0 Å². The third-order valence-electron chi connectivity index (χ3n) is 6.43. The van der Waals surface area contributed by atoms with Gasteiger partial charge in [0.05, 0.1) is 0 Å². The number of nitrogens with zero attached hydrogens (tertiary/aromatic N) is 4. The summed E-state index contributed by atoms with van der Waals surface area (Å²) >= 11 is 0. The van der Waals surface area contributed by atoms with Gasteiger partial charge in [-0.3, -0.25) is 0 Å². The normalized spacial score (nSPS) is 12.0. The number of hydrogen-bond acceptors (Lipinski definition) is 5. The van der Waals surface area contributed by atoms with Gasteiger partial charge in [-0.25, -0.2) is 0 Å². The van der Waals surface area contributed by atoms with Crippen LogP contribution in [0.4, 0.5) is 5.69 Å². The molecule has 0 aromatic heterocycles. The van der Waals surface area contributed by atoms with Gasteiger partial charge < -0.3 is 24.9 Å². The number of benzene rings is 2. The first-order chi connectivity index (χ1) is 17.6. The SMILES string of the molecule is C=C/C(=C\N(C)C)c1ccc(C)c(/C=C(/NCCCc2cccc(N(CC)CCN(C)C)c2)N(C)C)c1.[HH]. The van der Waals surface area contributed by atoms with Crippen molar-refractivity contribution in [3.8, 4) is 0 Å². The van der Waals surface area contributed by atoms with E-state index in [9.17, 15) is 0 Å². The summed E-state index contributed by atoms with van der Waals surface area (Å²) in [6.45, 7) is 12.5. The standard InChI is InChI=1S/C32H49N5.H2/c1-10-28(25-35(6)7)29-18-17-26(3)30(23-29)24-32(36(8)9)33-19-13-15-27-14-12-16-31(22-27)37(11-2)21-20-34(4)5;/h10,12,14,16-18,22-25,33H,1,11,13,15,19-21H2,2-9H3;1H/b28-25+,32-24-;. The lowest BCUT2D eigenvalue weighted by Gasteiger charge is -2.25. The summed E-state index contributed by atoms with van der Waals surface area (Å²) in [5.74, 6) is 1.12. The Labute approximate surface area is 228 Å². The molecule has 204 valence electrons. The molecule has 2 rings (SSSR count). The van der Waals surface area contributed by atoms with Gasteiger partial charge in [0, 0.05) is 67.7 Å². The predicted molar refractivity (Wildman–Crippen MR) is 166 cm³/mol. The second-order valence-electron chi connectivity index (χ2n) is 10.3. The third kappa shape index (κ3) is 10.0. The molecule has 37 heavy (non-hydrogen) atoms. The summed E-state index contributed by atoms with van der Waals surface area (Å²) in [7, 11) is 12.5. The van der Waals surface area contributed by atoms with Gasteiger partial charge >= 0.3 is 0 Å². The topological polar surface area (TPSA) is 25.0 Å². The molecule has 2 aromatic carbocycles. The van der Waals surface area contributed by atoms with Gasteiger partial charge in [-0.2, -0.15) is 0 Å². The fourth-order valence-electron chi connectivity index (χ4n) is 4.19. The smallest absolute Gasteiger partial charge is 0.101 e. The van der Waals surface area contributed by atoms with Crippen LogP contribution < -0.4 is 10.2 Å². The van der Waals surface area contributed by atoms with Gasteiger partial charge in [0.2, 0.25) is 0 Å². The summed E-state index contributed by atoms with van der Waals surface area (Å²) < 4.78 is 0. The maximum atomic E-state index is 4.01. The highest BCUT2D eigenvalue weighted by Crippen LogP contribution is 2.22. The summed E-state index contributed by atoms with van der Waals surface area (Å²) in [5.41, 5.74) is 7.47. The van der Waals surface area contributed by atoms with Gasteiger partial charge in [-0.1, -0.05) is 36.9 Å². The van der Waals surface area contributed by atoms with Gasteiger partial charge in [0.15, 0.2) is 0 Å². The average molecular weight is 506 g/mol. The van der Waals surface area contributed by atoms with E-state index in [1.165, 1.54) is 27.9 Å². The molecule has 0 aliphatic rings. The lowest BCUT2D eigenvalue weighted by atomic mass is 9.99. The Bertz CT molecular complexity index is 1060. The van der Waals surface area contributed by atoms with Crippen LogP contribution in [-0.2, 0) is 6.42 Å². The van der Waals surface area contributed by atoms with Crippen LogP contribution in [0.5, 0.6) is 0 Å². The maximum Gasteiger partial charge on any atom is 0.101 e. The van der Waals surface area contributed by atoms with Crippen molar-refractivity contribution in [2.75, 3.05) is 73.4 Å². The molecular weight excluding hydrogens is 454 g/mol. The number of hydrogen-bond donors (Lipinski definition) is 1. The summed E-state index contributed by atoms with van der Waals surface area (Å²) in [4.78, 5) is 8.90. The second-order valence-corrected chi connectivity index (χ2v) is 10.3. The molecule has 0 heterocycles. The first-order valence-electron chi connectivity index (χ1n) is 13.4. The Morgan fingerprint density at radius 1 is 1.00 bits per heavy atom. The van der Waals surface area contributed by atoms with Gasteiger partial charge in [0.25, 0.3) is 0 Å². The van der Waals surface area contributed by atoms with Crippen molar-refractivity contribution in [1.29, 1.82) is 0 Å². The van der Waals surface area contributed by atoms with Crippen molar-refractivity contribution in [3.05, 3.63) is 89.4 Å². The minimum atomic E-state index is 0. The molecule has 0 fully saturated rings. The Hall–Kier alpha value is -3.18. The Morgan fingerprint density at radius 2 is 1.76 bits per heavy atom. The minimum absolute atomic E-state index is 0. The zero-order chi connectivity index (χ0) is 27.4. The summed E-state index contributed by atoms with van der Waals surface area (Å²) in [6.07, 6.45) is 8.40. The zero-order valence-electron chi connectivity index (χ0n) is 24.5. The van der Waals surface area contributed by atoms with Gasteiger partial charge in [-0.15, -0.1) is 0 Å².